The van der Waals surface area contributed by atoms with Gasteiger partial charge in [-0.2, -0.15) is 0 Å². The minimum absolute atomic E-state index is 0.602. The summed E-state index contributed by atoms with van der Waals surface area (Å²) in [5.74, 6) is 3.12. The van der Waals surface area contributed by atoms with Gasteiger partial charge in [0.1, 0.15) is 0 Å². The molecule has 0 radical (unpaired) electrons. The number of hydrogen-bond donors (Lipinski definition) is 0. The van der Waals surface area contributed by atoms with Crippen molar-refractivity contribution in [2.75, 3.05) is 0 Å². The highest BCUT2D eigenvalue weighted by Gasteiger charge is 2.75. The third-order valence-electron chi connectivity index (χ3n) is 6.97. The summed E-state index contributed by atoms with van der Waals surface area (Å²) in [4.78, 5) is 0. The van der Waals surface area contributed by atoms with E-state index in [0.29, 0.717) is 10.8 Å². The van der Waals surface area contributed by atoms with Crippen LogP contribution in [-0.4, -0.2) is 0 Å². The van der Waals surface area contributed by atoms with Crippen LogP contribution in [-0.2, 0) is 0 Å². The van der Waals surface area contributed by atoms with E-state index in [4.69, 9.17) is 0 Å². The van der Waals surface area contributed by atoms with Crippen molar-refractivity contribution in [1.29, 1.82) is 0 Å². The van der Waals surface area contributed by atoms with Crippen LogP contribution in [0.4, 0.5) is 0 Å². The first-order chi connectivity index (χ1) is 6.86. The van der Waals surface area contributed by atoms with Gasteiger partial charge in [-0.15, -0.1) is 0 Å². The SMILES string of the molecule is CCC1(C)CC2C(C)C(C)(C)CC13CC23. The molecular weight excluding hydrogens is 180 g/mol. The highest BCUT2D eigenvalue weighted by molar-refractivity contribution is 5.24. The maximum absolute atomic E-state index is 2.58. The lowest BCUT2D eigenvalue weighted by atomic mass is 9.62. The van der Waals surface area contributed by atoms with Gasteiger partial charge < -0.3 is 0 Å². The zero-order valence-corrected chi connectivity index (χ0v) is 11.1. The maximum atomic E-state index is 2.58. The summed E-state index contributed by atoms with van der Waals surface area (Å²) in [6, 6.07) is 0. The Morgan fingerprint density at radius 2 is 1.80 bits per heavy atom. The Kier molecular flexibility index (Phi) is 1.67. The van der Waals surface area contributed by atoms with Crippen LogP contribution in [0, 0.1) is 34.0 Å². The van der Waals surface area contributed by atoms with Crippen LogP contribution in [0.15, 0.2) is 0 Å². The third kappa shape index (κ3) is 0.953. The van der Waals surface area contributed by atoms with E-state index in [1.807, 2.05) is 0 Å². The molecule has 3 aliphatic carbocycles. The molecule has 0 nitrogen and oxygen atoms in total. The van der Waals surface area contributed by atoms with E-state index in [1.165, 1.54) is 19.3 Å². The molecule has 2 bridgehead atoms. The first-order valence-corrected chi connectivity index (χ1v) is 6.86. The molecular formula is C15H26. The largest absolute Gasteiger partial charge is 0.0648 e. The van der Waals surface area contributed by atoms with E-state index in [-0.39, 0.29) is 0 Å². The summed E-state index contributed by atoms with van der Waals surface area (Å²) >= 11 is 0. The van der Waals surface area contributed by atoms with Crippen LogP contribution in [0.2, 0.25) is 0 Å². The molecule has 0 heteroatoms. The highest BCUT2D eigenvalue weighted by Crippen LogP contribution is 2.83. The summed E-state index contributed by atoms with van der Waals surface area (Å²) in [7, 11) is 0. The van der Waals surface area contributed by atoms with Crippen molar-refractivity contribution in [2.24, 2.45) is 34.0 Å². The van der Waals surface area contributed by atoms with E-state index in [9.17, 15) is 0 Å². The molecule has 15 heavy (non-hydrogen) atoms. The Morgan fingerprint density at radius 3 is 2.40 bits per heavy atom. The maximum Gasteiger partial charge on any atom is -0.0204 e. The quantitative estimate of drug-likeness (QED) is 0.593. The predicted octanol–water partition coefficient (Wildman–Crippen LogP) is 4.49. The molecule has 0 heterocycles. The van der Waals surface area contributed by atoms with Gasteiger partial charge in [-0.05, 0) is 53.3 Å². The molecule has 0 aromatic heterocycles. The van der Waals surface area contributed by atoms with Crippen molar-refractivity contribution < 1.29 is 0 Å². The van der Waals surface area contributed by atoms with E-state index in [0.717, 1.165) is 23.2 Å². The Morgan fingerprint density at radius 1 is 1.13 bits per heavy atom. The van der Waals surface area contributed by atoms with Crippen molar-refractivity contribution in [2.45, 2.75) is 60.3 Å². The fraction of sp³-hybridized carbons (Fsp3) is 1.00. The first-order valence-electron chi connectivity index (χ1n) is 6.86. The molecule has 3 saturated carbocycles. The van der Waals surface area contributed by atoms with Crippen molar-refractivity contribution >= 4 is 0 Å². The molecule has 5 atom stereocenters. The Balaban J connectivity index is 2.02. The summed E-state index contributed by atoms with van der Waals surface area (Å²) < 4.78 is 0. The molecule has 3 fully saturated rings. The van der Waals surface area contributed by atoms with Gasteiger partial charge in [0, 0.05) is 0 Å². The lowest BCUT2D eigenvalue weighted by Gasteiger charge is -2.42. The fourth-order valence-corrected chi connectivity index (χ4v) is 5.45. The van der Waals surface area contributed by atoms with Crippen LogP contribution < -0.4 is 0 Å². The fourth-order valence-electron chi connectivity index (χ4n) is 5.45. The van der Waals surface area contributed by atoms with Crippen LogP contribution in [0.3, 0.4) is 0 Å². The first kappa shape index (κ1) is 10.2. The number of hydrogen-bond acceptors (Lipinski definition) is 0. The molecule has 0 aromatic rings. The third-order valence-corrected chi connectivity index (χ3v) is 6.97. The molecule has 0 N–H and O–H groups in total. The van der Waals surface area contributed by atoms with Crippen molar-refractivity contribution in [3.05, 3.63) is 0 Å². The topological polar surface area (TPSA) is 0 Å². The standard InChI is InChI=1S/C15H26/c1-6-14(5)7-11-10(2)13(3,4)9-15(14)8-12(11)15/h10-12H,6-9H2,1-5H3. The zero-order chi connectivity index (χ0) is 11.1. The Labute approximate surface area is 94.8 Å². The van der Waals surface area contributed by atoms with Crippen LogP contribution in [0.1, 0.15) is 60.3 Å². The van der Waals surface area contributed by atoms with Crippen molar-refractivity contribution in [3.63, 3.8) is 0 Å². The monoisotopic (exact) mass is 206 g/mol. The zero-order valence-electron chi connectivity index (χ0n) is 11.1. The van der Waals surface area contributed by atoms with E-state index in [2.05, 4.69) is 34.6 Å². The van der Waals surface area contributed by atoms with Crippen molar-refractivity contribution in [3.8, 4) is 0 Å². The van der Waals surface area contributed by atoms with Gasteiger partial charge in [-0.3, -0.25) is 0 Å². The molecule has 0 aliphatic heterocycles. The lowest BCUT2D eigenvalue weighted by Crippen LogP contribution is -2.35. The van der Waals surface area contributed by atoms with Crippen LogP contribution in [0.5, 0.6) is 0 Å². The predicted molar refractivity (Wildman–Crippen MR) is 64.6 cm³/mol. The minimum Gasteiger partial charge on any atom is -0.0648 e. The summed E-state index contributed by atoms with van der Waals surface area (Å²) in [6.45, 7) is 12.6. The van der Waals surface area contributed by atoms with Crippen LogP contribution in [0.25, 0.3) is 0 Å². The molecule has 3 aliphatic rings. The Bertz CT molecular complexity index is 303. The summed E-state index contributed by atoms with van der Waals surface area (Å²) in [5, 5.41) is 0. The van der Waals surface area contributed by atoms with Gasteiger partial charge in [0.2, 0.25) is 0 Å². The molecule has 0 amide bonds. The van der Waals surface area contributed by atoms with Gasteiger partial charge in [-0.1, -0.05) is 41.0 Å². The highest BCUT2D eigenvalue weighted by atomic mass is 14.8. The molecule has 86 valence electrons. The van der Waals surface area contributed by atoms with Gasteiger partial charge in [0.05, 0.1) is 0 Å². The van der Waals surface area contributed by atoms with Gasteiger partial charge in [-0.25, -0.2) is 0 Å². The van der Waals surface area contributed by atoms with E-state index < -0.39 is 0 Å². The normalized spacial score (nSPS) is 60.2. The smallest absolute Gasteiger partial charge is 0.0204 e. The average Bonchev–Trinajstić information content (AvgIpc) is 2.83. The second-order valence-corrected chi connectivity index (χ2v) is 7.70. The van der Waals surface area contributed by atoms with Crippen molar-refractivity contribution in [1.82, 2.24) is 0 Å². The molecule has 0 saturated heterocycles. The number of rotatable bonds is 1. The molecule has 0 aromatic carbocycles. The second-order valence-electron chi connectivity index (χ2n) is 7.70. The van der Waals surface area contributed by atoms with E-state index in [1.54, 1.807) is 6.42 Å². The summed E-state index contributed by atoms with van der Waals surface area (Å²) in [6.07, 6.45) is 6.00. The molecule has 3 rings (SSSR count). The lowest BCUT2D eigenvalue weighted by molar-refractivity contribution is 0.0640. The summed E-state index contributed by atoms with van der Waals surface area (Å²) in [5.41, 5.74) is 2.07. The van der Waals surface area contributed by atoms with Gasteiger partial charge in [0.25, 0.3) is 0 Å². The van der Waals surface area contributed by atoms with Crippen LogP contribution >= 0.6 is 0 Å². The second kappa shape index (κ2) is 2.46. The molecule has 5 unspecified atom stereocenters. The molecule has 0 spiro atoms. The minimum atomic E-state index is 0.602. The van der Waals surface area contributed by atoms with E-state index >= 15 is 0 Å². The van der Waals surface area contributed by atoms with Gasteiger partial charge >= 0.3 is 0 Å². The average molecular weight is 206 g/mol. The Hall–Kier alpha value is 0. The van der Waals surface area contributed by atoms with Gasteiger partial charge in [0.15, 0.2) is 0 Å².